The number of rotatable bonds is 3. The van der Waals surface area contributed by atoms with Crippen LogP contribution in [-0.4, -0.2) is 12.5 Å². The van der Waals surface area contributed by atoms with Crippen LogP contribution in [0.1, 0.15) is 36.0 Å². The summed E-state index contributed by atoms with van der Waals surface area (Å²) in [5.41, 5.74) is 3.11. The smallest absolute Gasteiger partial charge is 0.259 e. The number of anilines is 1. The van der Waals surface area contributed by atoms with Gasteiger partial charge in [0.1, 0.15) is 9.57 Å². The maximum Gasteiger partial charge on any atom is 0.259 e. The molecule has 3 nitrogen and oxygen atoms in total. The molecule has 0 atom stereocenters. The van der Waals surface area contributed by atoms with E-state index in [0.29, 0.717) is 12.2 Å². The lowest BCUT2D eigenvalue weighted by atomic mass is 9.86. The molecule has 1 aliphatic heterocycles. The highest BCUT2D eigenvalue weighted by Gasteiger charge is 2.43. The lowest BCUT2D eigenvalue weighted by Crippen LogP contribution is -2.47. The fraction of sp³-hybridized carbons (Fsp3) is 0.238. The van der Waals surface area contributed by atoms with Gasteiger partial charge in [-0.3, -0.25) is 9.69 Å². The number of hydrogen-bond acceptors (Lipinski definition) is 5. The Bertz CT molecular complexity index is 1070. The SMILES string of the molecule is CCOc1ccc2c(c1)-c1c(ssc1=S)C(C)(C)N2C(=O)c1ccccc1. The Balaban J connectivity index is 1.96. The zero-order valence-corrected chi connectivity index (χ0v) is 17.8. The van der Waals surface area contributed by atoms with E-state index in [1.54, 1.807) is 20.7 Å². The molecule has 0 bridgehead atoms. The van der Waals surface area contributed by atoms with Crippen LogP contribution in [0.5, 0.6) is 5.75 Å². The summed E-state index contributed by atoms with van der Waals surface area (Å²) >= 11 is 5.64. The van der Waals surface area contributed by atoms with E-state index < -0.39 is 5.54 Å². The third-order valence-electron chi connectivity index (χ3n) is 4.76. The highest BCUT2D eigenvalue weighted by atomic mass is 32.9. The third kappa shape index (κ3) is 2.92. The Morgan fingerprint density at radius 2 is 1.89 bits per heavy atom. The molecule has 0 saturated carbocycles. The topological polar surface area (TPSA) is 29.5 Å². The molecule has 0 radical (unpaired) electrons. The molecular formula is C21H19NO2S3. The van der Waals surface area contributed by atoms with Crippen molar-refractivity contribution in [2.45, 2.75) is 26.3 Å². The summed E-state index contributed by atoms with van der Waals surface area (Å²) in [5.74, 6) is 0.778. The van der Waals surface area contributed by atoms with Crippen LogP contribution in [0.2, 0.25) is 0 Å². The minimum atomic E-state index is -0.486. The van der Waals surface area contributed by atoms with E-state index in [-0.39, 0.29) is 5.91 Å². The molecule has 1 aromatic heterocycles. The minimum absolute atomic E-state index is 0.0130. The zero-order chi connectivity index (χ0) is 19.2. The van der Waals surface area contributed by atoms with Crippen LogP contribution in [-0.2, 0) is 5.54 Å². The van der Waals surface area contributed by atoms with Crippen LogP contribution >= 0.6 is 32.9 Å². The Hall–Kier alpha value is -2.02. The van der Waals surface area contributed by atoms with Gasteiger partial charge in [-0.25, -0.2) is 0 Å². The Kier molecular flexibility index (Phi) is 4.66. The van der Waals surface area contributed by atoms with Crippen molar-refractivity contribution in [1.29, 1.82) is 0 Å². The molecule has 0 spiro atoms. The molecule has 6 heteroatoms. The van der Waals surface area contributed by atoms with E-state index in [1.807, 2.05) is 60.4 Å². The quantitative estimate of drug-likeness (QED) is 0.362. The number of benzene rings is 2. The second kappa shape index (κ2) is 6.86. The highest BCUT2D eigenvalue weighted by Crippen LogP contribution is 2.53. The molecule has 1 aliphatic rings. The predicted molar refractivity (Wildman–Crippen MR) is 116 cm³/mol. The molecule has 3 aromatic rings. The van der Waals surface area contributed by atoms with Crippen molar-refractivity contribution >= 4 is 44.5 Å². The average Bonchev–Trinajstić information content (AvgIpc) is 3.06. The molecular weight excluding hydrogens is 394 g/mol. The molecule has 27 heavy (non-hydrogen) atoms. The van der Waals surface area contributed by atoms with Crippen molar-refractivity contribution in [3.05, 3.63) is 62.8 Å². The third-order valence-corrected chi connectivity index (χ3v) is 8.09. The monoisotopic (exact) mass is 413 g/mol. The first-order valence-electron chi connectivity index (χ1n) is 8.75. The van der Waals surface area contributed by atoms with Crippen LogP contribution in [0.15, 0.2) is 48.5 Å². The van der Waals surface area contributed by atoms with Gasteiger partial charge in [-0.1, -0.05) is 51.1 Å². The maximum atomic E-state index is 13.5. The fourth-order valence-electron chi connectivity index (χ4n) is 3.54. The van der Waals surface area contributed by atoms with Crippen molar-refractivity contribution < 1.29 is 9.53 Å². The number of hydrogen-bond donors (Lipinski definition) is 0. The van der Waals surface area contributed by atoms with Crippen molar-refractivity contribution in [2.75, 3.05) is 11.5 Å². The van der Waals surface area contributed by atoms with Gasteiger partial charge >= 0.3 is 0 Å². The molecule has 0 aliphatic carbocycles. The minimum Gasteiger partial charge on any atom is -0.494 e. The molecule has 0 saturated heterocycles. The molecule has 0 fully saturated rings. The van der Waals surface area contributed by atoms with Crippen LogP contribution < -0.4 is 9.64 Å². The summed E-state index contributed by atoms with van der Waals surface area (Å²) in [5, 5.41) is 0. The number of ether oxygens (including phenoxy) is 1. The molecule has 4 rings (SSSR count). The van der Waals surface area contributed by atoms with Crippen LogP contribution in [0, 0.1) is 3.82 Å². The van der Waals surface area contributed by atoms with E-state index >= 15 is 0 Å². The normalized spacial score (nSPS) is 14.4. The van der Waals surface area contributed by atoms with Gasteiger partial charge in [-0.2, -0.15) is 0 Å². The largest absolute Gasteiger partial charge is 0.494 e. The molecule has 0 N–H and O–H groups in total. The lowest BCUT2D eigenvalue weighted by Gasteiger charge is -2.43. The maximum absolute atomic E-state index is 13.5. The van der Waals surface area contributed by atoms with E-state index in [1.165, 1.54) is 0 Å². The number of carbonyl (C=O) groups is 1. The van der Waals surface area contributed by atoms with Gasteiger partial charge in [0, 0.05) is 16.7 Å². The highest BCUT2D eigenvalue weighted by molar-refractivity contribution is 7.80. The summed E-state index contributed by atoms with van der Waals surface area (Å²) in [4.78, 5) is 16.5. The van der Waals surface area contributed by atoms with E-state index in [2.05, 4.69) is 13.8 Å². The van der Waals surface area contributed by atoms with Crippen molar-refractivity contribution in [2.24, 2.45) is 0 Å². The molecule has 138 valence electrons. The molecule has 1 amide bonds. The standard InChI is InChI=1S/C21H19NO2S3/c1-4-24-14-10-11-16-15(12-14)17-18(26-27-20(17)25)21(2,3)22(16)19(23)13-8-6-5-7-9-13/h5-12H,4H2,1-3H3. The van der Waals surface area contributed by atoms with Gasteiger partial charge in [0.2, 0.25) is 0 Å². The van der Waals surface area contributed by atoms with Gasteiger partial charge in [-0.05, 0) is 51.1 Å². The number of amides is 1. The summed E-state index contributed by atoms with van der Waals surface area (Å²) in [6.07, 6.45) is 0. The summed E-state index contributed by atoms with van der Waals surface area (Å²) in [6, 6.07) is 15.3. The first-order valence-corrected chi connectivity index (χ1v) is 11.3. The predicted octanol–water partition coefficient (Wildman–Crippen LogP) is 6.50. The lowest BCUT2D eigenvalue weighted by molar-refractivity contribution is 0.0961. The molecule has 2 aromatic carbocycles. The summed E-state index contributed by atoms with van der Waals surface area (Å²) in [6.45, 7) is 6.73. The van der Waals surface area contributed by atoms with Gasteiger partial charge in [-0.15, -0.1) is 0 Å². The van der Waals surface area contributed by atoms with Crippen LogP contribution in [0.3, 0.4) is 0 Å². The van der Waals surface area contributed by atoms with E-state index in [9.17, 15) is 4.79 Å². The van der Waals surface area contributed by atoms with Gasteiger partial charge < -0.3 is 4.74 Å². The van der Waals surface area contributed by atoms with Gasteiger partial charge in [0.15, 0.2) is 0 Å². The molecule has 0 unspecified atom stereocenters. The number of nitrogens with zero attached hydrogens (tertiary/aromatic N) is 1. The second-order valence-electron chi connectivity index (χ2n) is 6.84. The molecule has 2 heterocycles. The van der Waals surface area contributed by atoms with Gasteiger partial charge in [0.25, 0.3) is 5.91 Å². The first kappa shape index (κ1) is 18.3. The van der Waals surface area contributed by atoms with E-state index in [4.69, 9.17) is 17.0 Å². The fourth-order valence-corrected chi connectivity index (χ4v) is 6.82. The van der Waals surface area contributed by atoms with Crippen molar-refractivity contribution in [3.63, 3.8) is 0 Å². The van der Waals surface area contributed by atoms with Crippen LogP contribution in [0.25, 0.3) is 11.1 Å². The Morgan fingerprint density at radius 3 is 2.59 bits per heavy atom. The number of carbonyl (C=O) groups excluding carboxylic acids is 1. The first-order chi connectivity index (χ1) is 12.9. The average molecular weight is 414 g/mol. The Morgan fingerprint density at radius 1 is 1.15 bits per heavy atom. The van der Waals surface area contributed by atoms with Gasteiger partial charge in [0.05, 0.1) is 22.7 Å². The van der Waals surface area contributed by atoms with Crippen molar-refractivity contribution in [3.8, 4) is 16.9 Å². The summed E-state index contributed by atoms with van der Waals surface area (Å²) < 4.78 is 6.57. The second-order valence-corrected chi connectivity index (χ2v) is 9.65. The van der Waals surface area contributed by atoms with E-state index in [0.717, 1.165) is 31.3 Å². The zero-order valence-electron chi connectivity index (χ0n) is 15.3. The summed E-state index contributed by atoms with van der Waals surface area (Å²) in [7, 11) is 3.25. The van der Waals surface area contributed by atoms with Crippen LogP contribution in [0.4, 0.5) is 5.69 Å². The number of fused-ring (bicyclic) bond motifs is 3. The Labute approximate surface area is 171 Å². The van der Waals surface area contributed by atoms with Crippen molar-refractivity contribution in [1.82, 2.24) is 0 Å².